The second kappa shape index (κ2) is 5.17. The van der Waals surface area contributed by atoms with Gasteiger partial charge in [-0.2, -0.15) is 16.8 Å². The Hall–Kier alpha value is -1.01. The highest BCUT2D eigenvalue weighted by atomic mass is 127. The summed E-state index contributed by atoms with van der Waals surface area (Å²) in [7, 11) is -8.92. The van der Waals surface area contributed by atoms with Crippen LogP contribution in [0.4, 0.5) is 5.69 Å². The van der Waals surface area contributed by atoms with E-state index in [0.29, 0.717) is 0 Å². The van der Waals surface area contributed by atoms with Crippen LogP contribution in [0, 0.1) is 8.96 Å². The molecule has 0 fully saturated rings. The van der Waals surface area contributed by atoms with Crippen molar-refractivity contribution >= 4 is 48.5 Å². The Morgan fingerprint density at radius 3 is 2.00 bits per heavy atom. The summed E-state index contributed by atoms with van der Waals surface area (Å²) in [5.74, 6) is -0.159. The van der Waals surface area contributed by atoms with Gasteiger partial charge in [-0.15, -0.1) is 0 Å². The van der Waals surface area contributed by atoms with Gasteiger partial charge in [-0.1, -0.05) is 0 Å². The van der Waals surface area contributed by atoms with Crippen molar-refractivity contribution in [2.45, 2.75) is 9.79 Å². The summed E-state index contributed by atoms with van der Waals surface area (Å²) in [6.45, 7) is 0. The smallest absolute Gasteiger partial charge is 0.411 e. The number of diazo groups is 1. The first-order valence-corrected chi connectivity index (χ1v) is 8.20. The lowest BCUT2D eigenvalue weighted by atomic mass is 10.3. The highest BCUT2D eigenvalue weighted by Gasteiger charge is 2.38. The molecule has 12 heteroatoms. The SMILES string of the molecule is COc1cc([N+]#N)c(S(=O)(=O)O)c(S(=O)(=O)O)c1I. The maximum atomic E-state index is 11.3. The lowest BCUT2D eigenvalue weighted by molar-refractivity contribution is 0.407. The van der Waals surface area contributed by atoms with Crippen LogP contribution in [-0.2, 0) is 20.2 Å². The summed E-state index contributed by atoms with van der Waals surface area (Å²) < 4.78 is 67.5. The van der Waals surface area contributed by atoms with Gasteiger partial charge in [0.05, 0.1) is 16.7 Å². The Morgan fingerprint density at radius 1 is 1.21 bits per heavy atom. The fourth-order valence-corrected chi connectivity index (χ4v) is 4.95. The first-order valence-electron chi connectivity index (χ1n) is 4.24. The highest BCUT2D eigenvalue weighted by Crippen LogP contribution is 2.40. The van der Waals surface area contributed by atoms with Gasteiger partial charge in [-0.3, -0.25) is 9.11 Å². The van der Waals surface area contributed by atoms with Crippen LogP contribution in [0.3, 0.4) is 0 Å². The van der Waals surface area contributed by atoms with Crippen LogP contribution in [0.2, 0.25) is 0 Å². The second-order valence-corrected chi connectivity index (χ2v) is 6.92. The zero-order chi connectivity index (χ0) is 15.0. The zero-order valence-corrected chi connectivity index (χ0v) is 12.9. The summed E-state index contributed by atoms with van der Waals surface area (Å²) in [5.41, 5.74) is -0.785. The molecule has 1 rings (SSSR count). The first-order chi connectivity index (χ1) is 8.54. The Kier molecular flexibility index (Phi) is 4.37. The largest absolute Gasteiger partial charge is 0.495 e. The van der Waals surface area contributed by atoms with E-state index < -0.39 is 35.7 Å². The van der Waals surface area contributed by atoms with Crippen molar-refractivity contribution in [1.82, 2.24) is 0 Å². The molecule has 2 N–H and O–H groups in total. The summed E-state index contributed by atoms with van der Waals surface area (Å²) in [4.78, 5) is 0.207. The fourth-order valence-electron chi connectivity index (χ4n) is 1.28. The van der Waals surface area contributed by atoms with Gasteiger partial charge < -0.3 is 4.74 Å². The van der Waals surface area contributed by atoms with Crippen LogP contribution in [0.25, 0.3) is 4.98 Å². The van der Waals surface area contributed by atoms with E-state index in [-0.39, 0.29) is 9.32 Å². The van der Waals surface area contributed by atoms with Crippen molar-refractivity contribution in [3.8, 4) is 5.75 Å². The molecule has 0 aromatic heterocycles. The molecule has 0 aliphatic carbocycles. The van der Waals surface area contributed by atoms with E-state index in [9.17, 15) is 16.8 Å². The lowest BCUT2D eigenvalue weighted by Gasteiger charge is -2.08. The van der Waals surface area contributed by atoms with Gasteiger partial charge in [0.1, 0.15) is 10.6 Å². The molecule has 1 aromatic carbocycles. The third-order valence-electron chi connectivity index (χ3n) is 1.97. The van der Waals surface area contributed by atoms with Gasteiger partial charge in [-0.25, -0.2) is 0 Å². The van der Waals surface area contributed by atoms with Crippen LogP contribution in [-0.4, -0.2) is 33.1 Å². The third kappa shape index (κ3) is 3.12. The number of benzene rings is 1. The molecule has 0 spiro atoms. The summed E-state index contributed by atoms with van der Waals surface area (Å²) in [6.07, 6.45) is 0. The topological polar surface area (TPSA) is 146 Å². The minimum atomic E-state index is -5.06. The normalized spacial score (nSPS) is 11.9. The van der Waals surface area contributed by atoms with E-state index >= 15 is 0 Å². The van der Waals surface area contributed by atoms with Gasteiger partial charge in [0.2, 0.25) is 10.3 Å². The van der Waals surface area contributed by atoms with Gasteiger partial charge in [0, 0.05) is 0 Å². The molecular weight excluding hydrogens is 415 g/mol. The Bertz CT molecular complexity index is 779. The van der Waals surface area contributed by atoms with E-state index in [1.807, 2.05) is 0 Å². The minimum Gasteiger partial charge on any atom is -0.495 e. The van der Waals surface area contributed by atoms with E-state index in [4.69, 9.17) is 19.2 Å². The molecule has 104 valence electrons. The zero-order valence-electron chi connectivity index (χ0n) is 9.10. The summed E-state index contributed by atoms with van der Waals surface area (Å²) in [5, 5.41) is 8.70. The quantitative estimate of drug-likeness (QED) is 0.422. The lowest BCUT2D eigenvalue weighted by Crippen LogP contribution is -2.11. The van der Waals surface area contributed by atoms with Gasteiger partial charge >= 0.3 is 15.8 Å². The average Bonchev–Trinajstić information content (AvgIpc) is 2.25. The molecule has 0 atom stereocenters. The average molecular weight is 421 g/mol. The molecule has 0 saturated heterocycles. The van der Waals surface area contributed by atoms with Crippen LogP contribution in [0.15, 0.2) is 15.9 Å². The minimum absolute atomic E-state index is 0.159. The number of nitrogens with zero attached hydrogens (tertiary/aromatic N) is 2. The molecule has 0 unspecified atom stereocenters. The number of hydrogen-bond acceptors (Lipinski definition) is 6. The van der Waals surface area contributed by atoms with E-state index in [0.717, 1.165) is 13.2 Å². The second-order valence-electron chi connectivity index (χ2n) is 3.12. The summed E-state index contributed by atoms with van der Waals surface area (Å²) in [6, 6.07) is 0.888. The standard InChI is InChI=1S/C7H5IN2O7S2/c1-17-4-2-3(10-9)6(18(11,12)13)7(5(4)8)19(14,15)16/h2H,1H3,(H-,11,12,13,14,15,16)/p+1. The first kappa shape index (κ1) is 16.0. The van der Waals surface area contributed by atoms with Crippen LogP contribution in [0.5, 0.6) is 5.75 Å². The predicted molar refractivity (Wildman–Crippen MR) is 70.1 cm³/mol. The maximum absolute atomic E-state index is 11.3. The predicted octanol–water partition coefficient (Wildman–Crippen LogP) is 1.28. The molecule has 0 aliphatic rings. The molecule has 1 aromatic rings. The van der Waals surface area contributed by atoms with Crippen molar-refractivity contribution in [2.24, 2.45) is 0 Å². The van der Waals surface area contributed by atoms with Crippen molar-refractivity contribution in [1.29, 1.82) is 5.39 Å². The maximum Gasteiger partial charge on any atom is 0.411 e. The Balaban J connectivity index is 4.13. The molecule has 0 radical (unpaired) electrons. The van der Waals surface area contributed by atoms with Gasteiger partial charge in [0.25, 0.3) is 10.1 Å². The Labute approximate surface area is 121 Å². The number of halogens is 1. The van der Waals surface area contributed by atoms with Crippen LogP contribution >= 0.6 is 22.6 Å². The number of methoxy groups -OCH3 is 1. The van der Waals surface area contributed by atoms with Crippen LogP contribution < -0.4 is 4.74 Å². The number of hydrogen-bond donors (Lipinski definition) is 2. The van der Waals surface area contributed by atoms with Crippen molar-refractivity contribution in [2.75, 3.05) is 7.11 Å². The van der Waals surface area contributed by atoms with Crippen molar-refractivity contribution in [3.63, 3.8) is 0 Å². The van der Waals surface area contributed by atoms with Crippen LogP contribution in [0.1, 0.15) is 0 Å². The number of rotatable bonds is 3. The molecule has 19 heavy (non-hydrogen) atoms. The van der Waals surface area contributed by atoms with Crippen molar-refractivity contribution < 1.29 is 30.7 Å². The Morgan fingerprint density at radius 2 is 1.68 bits per heavy atom. The van der Waals surface area contributed by atoms with E-state index in [1.165, 1.54) is 22.6 Å². The monoisotopic (exact) mass is 421 g/mol. The number of ether oxygens (including phenoxy) is 1. The summed E-state index contributed by atoms with van der Waals surface area (Å²) >= 11 is 1.40. The highest BCUT2D eigenvalue weighted by molar-refractivity contribution is 14.1. The third-order valence-corrected chi connectivity index (χ3v) is 5.39. The molecular formula is C7H6IN2O7S2+. The van der Waals surface area contributed by atoms with Gasteiger partial charge in [0.15, 0.2) is 4.98 Å². The molecule has 0 amide bonds. The van der Waals surface area contributed by atoms with Gasteiger partial charge in [-0.05, 0) is 22.6 Å². The molecule has 9 nitrogen and oxygen atoms in total. The van der Waals surface area contributed by atoms with E-state index in [2.05, 4.69) is 4.98 Å². The van der Waals surface area contributed by atoms with E-state index in [1.54, 1.807) is 0 Å². The molecule has 0 heterocycles. The van der Waals surface area contributed by atoms with Crippen molar-refractivity contribution in [3.05, 3.63) is 14.6 Å². The molecule has 0 saturated carbocycles. The molecule has 0 aliphatic heterocycles. The molecule has 0 bridgehead atoms. The fraction of sp³-hybridized carbons (Fsp3) is 0.143.